The van der Waals surface area contributed by atoms with Crippen LogP contribution in [0.2, 0.25) is 5.02 Å². The second kappa shape index (κ2) is 8.56. The van der Waals surface area contributed by atoms with E-state index in [1.54, 1.807) is 0 Å². The monoisotopic (exact) mass is 341 g/mol. The molecule has 1 fully saturated rings. The smallest absolute Gasteiger partial charge is 0.169 e. The maximum atomic E-state index is 6.27. The van der Waals surface area contributed by atoms with Crippen LogP contribution in [-0.2, 0) is 0 Å². The van der Waals surface area contributed by atoms with Gasteiger partial charge in [-0.2, -0.15) is 0 Å². The van der Waals surface area contributed by atoms with Crippen LogP contribution in [-0.4, -0.2) is 63.4 Å². The molecule has 0 aromatic heterocycles. The van der Waals surface area contributed by atoms with E-state index >= 15 is 0 Å². The van der Waals surface area contributed by atoms with Gasteiger partial charge < -0.3 is 20.0 Å². The Balaban J connectivity index is 1.75. The third-order valence-electron chi connectivity index (χ3n) is 3.89. The molecule has 2 rings (SSSR count). The van der Waals surface area contributed by atoms with Crippen LogP contribution in [0.5, 0.6) is 0 Å². The molecule has 1 aromatic carbocycles. The third-order valence-corrected chi connectivity index (χ3v) is 4.61. The summed E-state index contributed by atoms with van der Waals surface area (Å²) < 4.78 is 0. The fourth-order valence-corrected chi connectivity index (χ4v) is 3.15. The number of piperazine rings is 1. The maximum Gasteiger partial charge on any atom is 0.169 e. The summed E-state index contributed by atoms with van der Waals surface area (Å²) in [6, 6.07) is 8.03. The minimum atomic E-state index is 0.822. The Hall–Kier alpha value is -1.04. The number of nitrogens with one attached hydrogen (secondary N) is 2. The fourth-order valence-electron chi connectivity index (χ4n) is 2.61. The molecule has 0 bridgehead atoms. The number of thiocarbonyl (C=S) groups is 1. The van der Waals surface area contributed by atoms with E-state index in [1.165, 1.54) is 4.90 Å². The quantitative estimate of drug-likeness (QED) is 0.613. The van der Waals surface area contributed by atoms with Crippen LogP contribution in [0.4, 0.5) is 5.69 Å². The van der Waals surface area contributed by atoms with Crippen LogP contribution in [0.1, 0.15) is 6.42 Å². The summed E-state index contributed by atoms with van der Waals surface area (Å²) in [5, 5.41) is 5.08. The van der Waals surface area contributed by atoms with Gasteiger partial charge in [-0.3, -0.25) is 0 Å². The molecule has 1 saturated heterocycles. The number of quaternary nitrogens is 1. The zero-order chi connectivity index (χ0) is 15.9. The second-order valence-electron chi connectivity index (χ2n) is 5.97. The van der Waals surface area contributed by atoms with Gasteiger partial charge in [0.25, 0.3) is 0 Å². The SMILES string of the molecule is C[NH+](C)CCCNC(=S)N1CCN(c2ccccc2Cl)CC1. The van der Waals surface area contributed by atoms with Crippen LogP contribution in [0.25, 0.3) is 0 Å². The predicted octanol–water partition coefficient (Wildman–Crippen LogP) is 0.871. The largest absolute Gasteiger partial charge is 0.367 e. The summed E-state index contributed by atoms with van der Waals surface area (Å²) >= 11 is 11.8. The molecule has 0 aliphatic carbocycles. The summed E-state index contributed by atoms with van der Waals surface area (Å²) in [5.74, 6) is 0. The van der Waals surface area contributed by atoms with Crippen molar-refractivity contribution in [1.82, 2.24) is 10.2 Å². The standard InChI is InChI=1S/C16H25ClN4S/c1-19(2)9-5-8-18-16(22)21-12-10-20(11-13-21)15-7-4-3-6-14(15)17/h3-4,6-7H,5,8-13H2,1-2H3,(H,18,22)/p+1. The number of anilines is 1. The van der Waals surface area contributed by atoms with Gasteiger partial charge in [0.15, 0.2) is 5.11 Å². The highest BCUT2D eigenvalue weighted by atomic mass is 35.5. The topological polar surface area (TPSA) is 23.0 Å². The van der Waals surface area contributed by atoms with Gasteiger partial charge in [-0.05, 0) is 24.4 Å². The van der Waals surface area contributed by atoms with Gasteiger partial charge in [-0.15, -0.1) is 0 Å². The van der Waals surface area contributed by atoms with Crippen molar-refractivity contribution in [2.45, 2.75) is 6.42 Å². The van der Waals surface area contributed by atoms with Crippen LogP contribution < -0.4 is 15.1 Å². The van der Waals surface area contributed by atoms with Gasteiger partial charge in [0.1, 0.15) is 0 Å². The number of nitrogens with zero attached hydrogens (tertiary/aromatic N) is 2. The molecule has 1 aliphatic rings. The Kier molecular flexibility index (Phi) is 6.73. The van der Waals surface area contributed by atoms with Gasteiger partial charge in [0.05, 0.1) is 31.4 Å². The van der Waals surface area contributed by atoms with Crippen molar-refractivity contribution in [3.63, 3.8) is 0 Å². The summed E-state index contributed by atoms with van der Waals surface area (Å²) in [4.78, 5) is 6.06. The first-order chi connectivity index (χ1) is 10.6. The van der Waals surface area contributed by atoms with Gasteiger partial charge in [-0.25, -0.2) is 0 Å². The van der Waals surface area contributed by atoms with E-state index in [1.807, 2.05) is 18.2 Å². The highest BCUT2D eigenvalue weighted by molar-refractivity contribution is 7.80. The molecule has 0 amide bonds. The molecule has 0 saturated carbocycles. The number of hydrogen-bond donors (Lipinski definition) is 2. The molecule has 0 unspecified atom stereocenters. The number of benzene rings is 1. The Morgan fingerprint density at radius 3 is 2.55 bits per heavy atom. The van der Waals surface area contributed by atoms with Gasteiger partial charge >= 0.3 is 0 Å². The number of hydrogen-bond acceptors (Lipinski definition) is 2. The Bertz CT molecular complexity index is 487. The minimum Gasteiger partial charge on any atom is -0.367 e. The van der Waals surface area contributed by atoms with Crippen molar-refractivity contribution in [2.75, 3.05) is 58.3 Å². The molecule has 2 N–H and O–H groups in total. The lowest BCUT2D eigenvalue weighted by Gasteiger charge is -2.37. The first-order valence-electron chi connectivity index (χ1n) is 7.89. The number of halogens is 1. The average molecular weight is 342 g/mol. The Morgan fingerprint density at radius 2 is 1.91 bits per heavy atom. The van der Waals surface area contributed by atoms with Crippen LogP contribution in [0.3, 0.4) is 0 Å². The molecule has 0 spiro atoms. The van der Waals surface area contributed by atoms with Crippen molar-refractivity contribution in [3.05, 3.63) is 29.3 Å². The molecule has 1 heterocycles. The van der Waals surface area contributed by atoms with E-state index in [2.05, 4.69) is 35.3 Å². The highest BCUT2D eigenvalue weighted by Gasteiger charge is 2.20. The molecule has 22 heavy (non-hydrogen) atoms. The summed E-state index contributed by atoms with van der Waals surface area (Å²) in [6.45, 7) is 5.90. The molecular formula is C16H26ClN4S+. The molecule has 1 aromatic rings. The van der Waals surface area contributed by atoms with Crippen LogP contribution >= 0.6 is 23.8 Å². The highest BCUT2D eigenvalue weighted by Crippen LogP contribution is 2.25. The maximum absolute atomic E-state index is 6.27. The van der Waals surface area contributed by atoms with Crippen molar-refractivity contribution < 1.29 is 4.90 Å². The van der Waals surface area contributed by atoms with E-state index in [0.29, 0.717) is 0 Å². The number of para-hydroxylation sites is 1. The number of rotatable bonds is 5. The molecule has 6 heteroatoms. The third kappa shape index (κ3) is 5.00. The van der Waals surface area contributed by atoms with E-state index < -0.39 is 0 Å². The Morgan fingerprint density at radius 1 is 1.23 bits per heavy atom. The average Bonchev–Trinajstić information content (AvgIpc) is 2.52. The predicted molar refractivity (Wildman–Crippen MR) is 98.1 cm³/mol. The van der Waals surface area contributed by atoms with Crippen molar-refractivity contribution in [2.24, 2.45) is 0 Å². The summed E-state index contributed by atoms with van der Waals surface area (Å²) in [5.41, 5.74) is 1.12. The van der Waals surface area contributed by atoms with Crippen molar-refractivity contribution in [1.29, 1.82) is 0 Å². The molecule has 4 nitrogen and oxygen atoms in total. The Labute approximate surface area is 144 Å². The summed E-state index contributed by atoms with van der Waals surface area (Å²) in [6.07, 6.45) is 1.14. The van der Waals surface area contributed by atoms with E-state index in [9.17, 15) is 0 Å². The zero-order valence-electron chi connectivity index (χ0n) is 13.4. The lowest BCUT2D eigenvalue weighted by molar-refractivity contribution is -0.858. The van der Waals surface area contributed by atoms with Crippen molar-refractivity contribution >= 4 is 34.6 Å². The molecule has 0 atom stereocenters. The first kappa shape index (κ1) is 17.3. The fraction of sp³-hybridized carbons (Fsp3) is 0.562. The van der Waals surface area contributed by atoms with Crippen LogP contribution in [0.15, 0.2) is 24.3 Å². The molecular weight excluding hydrogens is 316 g/mol. The second-order valence-corrected chi connectivity index (χ2v) is 6.76. The van der Waals surface area contributed by atoms with Gasteiger partial charge in [0.2, 0.25) is 0 Å². The van der Waals surface area contributed by atoms with E-state index in [4.69, 9.17) is 23.8 Å². The summed E-state index contributed by atoms with van der Waals surface area (Å²) in [7, 11) is 4.35. The lowest BCUT2D eigenvalue weighted by atomic mass is 10.2. The van der Waals surface area contributed by atoms with Gasteiger partial charge in [0, 0.05) is 39.1 Å². The van der Waals surface area contributed by atoms with E-state index in [-0.39, 0.29) is 0 Å². The van der Waals surface area contributed by atoms with Crippen LogP contribution in [0, 0.1) is 0 Å². The minimum absolute atomic E-state index is 0.822. The lowest BCUT2D eigenvalue weighted by Crippen LogP contribution is -3.05. The normalized spacial score (nSPS) is 15.3. The molecule has 1 aliphatic heterocycles. The first-order valence-corrected chi connectivity index (χ1v) is 8.68. The van der Waals surface area contributed by atoms with E-state index in [0.717, 1.165) is 61.5 Å². The van der Waals surface area contributed by atoms with Crippen molar-refractivity contribution in [3.8, 4) is 0 Å². The molecule has 0 radical (unpaired) electrons. The zero-order valence-corrected chi connectivity index (χ0v) is 15.0. The molecule has 122 valence electrons. The van der Waals surface area contributed by atoms with Gasteiger partial charge in [-0.1, -0.05) is 23.7 Å².